The lowest BCUT2D eigenvalue weighted by Gasteiger charge is -2.27. The third kappa shape index (κ3) is 1.96. The van der Waals surface area contributed by atoms with Crippen LogP contribution in [0.25, 0.3) is 0 Å². The number of nitrogens with two attached hydrogens (primary N) is 1. The molecule has 0 aromatic carbocycles. The molecule has 1 rings (SSSR count). The molecule has 0 saturated carbocycles. The van der Waals surface area contributed by atoms with E-state index in [0.717, 1.165) is 6.04 Å². The number of rotatable bonds is 2. The van der Waals surface area contributed by atoms with E-state index < -0.39 is 0 Å². The van der Waals surface area contributed by atoms with Gasteiger partial charge in [0.1, 0.15) is 26.2 Å². The second kappa shape index (κ2) is 3.94. The topological polar surface area (TPSA) is 21.1 Å². The Hall–Kier alpha value is -0.0800. The number of quaternary nitrogens is 2. The first-order valence-electron chi connectivity index (χ1n) is 4.50. The Bertz CT molecular complexity index is 87.3. The average Bonchev–Trinajstić information content (AvgIpc) is 2.05. The van der Waals surface area contributed by atoms with Gasteiger partial charge in [0.05, 0.1) is 6.04 Å². The van der Waals surface area contributed by atoms with Crippen molar-refractivity contribution >= 4 is 0 Å². The van der Waals surface area contributed by atoms with Crippen LogP contribution in [0.1, 0.15) is 20.3 Å². The van der Waals surface area contributed by atoms with Crippen molar-refractivity contribution in [3.8, 4) is 0 Å². The Kier molecular flexibility index (Phi) is 3.16. The first kappa shape index (κ1) is 8.02. The van der Waals surface area contributed by atoms with Crippen molar-refractivity contribution in [3.05, 3.63) is 0 Å². The van der Waals surface area contributed by atoms with Crippen molar-refractivity contribution in [2.75, 3.05) is 26.2 Å². The quantitative estimate of drug-likeness (QED) is 0.458. The summed E-state index contributed by atoms with van der Waals surface area (Å²) in [4.78, 5) is 1.81. The van der Waals surface area contributed by atoms with Crippen LogP contribution in [0.15, 0.2) is 0 Å². The predicted octanol–water partition coefficient (Wildman–Crippen LogP) is -1.75. The Balaban J connectivity index is 2.24. The molecule has 1 atom stereocenters. The number of piperazine rings is 1. The zero-order chi connectivity index (χ0) is 7.40. The van der Waals surface area contributed by atoms with Crippen LogP contribution < -0.4 is 10.2 Å². The molecular formula is C8H20N2+2. The van der Waals surface area contributed by atoms with Crippen LogP contribution in [0.3, 0.4) is 0 Å². The molecule has 1 aliphatic rings. The number of nitrogens with one attached hydrogen (secondary N) is 1. The Morgan fingerprint density at radius 3 is 2.50 bits per heavy atom. The first-order valence-corrected chi connectivity index (χ1v) is 4.50. The van der Waals surface area contributed by atoms with Gasteiger partial charge in [-0.1, -0.05) is 6.92 Å². The second-order valence-electron chi connectivity index (χ2n) is 3.33. The van der Waals surface area contributed by atoms with Crippen molar-refractivity contribution in [1.29, 1.82) is 0 Å². The highest BCUT2D eigenvalue weighted by Gasteiger charge is 2.19. The molecule has 3 N–H and O–H groups in total. The monoisotopic (exact) mass is 144 g/mol. The molecule has 0 spiro atoms. The summed E-state index contributed by atoms with van der Waals surface area (Å²) in [7, 11) is 0. The van der Waals surface area contributed by atoms with Crippen molar-refractivity contribution in [1.82, 2.24) is 0 Å². The lowest BCUT2D eigenvalue weighted by atomic mass is 10.2. The van der Waals surface area contributed by atoms with Crippen LogP contribution in [0.5, 0.6) is 0 Å². The van der Waals surface area contributed by atoms with Gasteiger partial charge in [0.2, 0.25) is 0 Å². The molecule has 0 amide bonds. The molecule has 1 heterocycles. The lowest BCUT2D eigenvalue weighted by Crippen LogP contribution is -3.22. The fourth-order valence-corrected chi connectivity index (χ4v) is 1.63. The fraction of sp³-hybridized carbons (Fsp3) is 1.00. The Morgan fingerprint density at radius 1 is 1.40 bits per heavy atom. The second-order valence-corrected chi connectivity index (χ2v) is 3.33. The molecule has 0 aromatic rings. The van der Waals surface area contributed by atoms with Crippen LogP contribution in [0, 0.1) is 0 Å². The van der Waals surface area contributed by atoms with E-state index in [1.54, 1.807) is 0 Å². The molecule has 10 heavy (non-hydrogen) atoms. The minimum absolute atomic E-state index is 0.883. The summed E-state index contributed by atoms with van der Waals surface area (Å²) >= 11 is 0. The maximum absolute atomic E-state index is 2.42. The standard InChI is InChI=1S/C8H18N2/c1-3-8(2)10-6-4-9-5-7-10/h8-9H,3-7H2,1-2H3/p+2/t8-/m0/s1. The summed E-state index contributed by atoms with van der Waals surface area (Å²) in [5.41, 5.74) is 0. The number of hydrogen-bond donors (Lipinski definition) is 2. The largest absolute Gasteiger partial charge is 0.337 e. The van der Waals surface area contributed by atoms with Gasteiger partial charge >= 0.3 is 0 Å². The van der Waals surface area contributed by atoms with Crippen molar-refractivity contribution in [2.24, 2.45) is 0 Å². The van der Waals surface area contributed by atoms with Crippen LogP contribution in [-0.2, 0) is 0 Å². The Labute approximate surface area is 63.6 Å². The zero-order valence-corrected chi connectivity index (χ0v) is 7.19. The van der Waals surface area contributed by atoms with Crippen molar-refractivity contribution < 1.29 is 10.2 Å². The van der Waals surface area contributed by atoms with Gasteiger partial charge in [-0.3, -0.25) is 0 Å². The molecule has 60 valence electrons. The molecule has 1 fully saturated rings. The van der Waals surface area contributed by atoms with Crippen molar-refractivity contribution in [3.63, 3.8) is 0 Å². The predicted molar refractivity (Wildman–Crippen MR) is 42.1 cm³/mol. The molecular weight excluding hydrogens is 124 g/mol. The van der Waals surface area contributed by atoms with Crippen LogP contribution >= 0.6 is 0 Å². The van der Waals surface area contributed by atoms with E-state index in [1.807, 2.05) is 4.90 Å². The van der Waals surface area contributed by atoms with E-state index >= 15 is 0 Å². The minimum atomic E-state index is 0.883. The zero-order valence-electron chi connectivity index (χ0n) is 7.19. The molecule has 0 aromatic heterocycles. The molecule has 0 radical (unpaired) electrons. The molecule has 0 bridgehead atoms. The molecule has 0 unspecified atom stereocenters. The summed E-state index contributed by atoms with van der Waals surface area (Å²) < 4.78 is 0. The minimum Gasteiger partial charge on any atom is -0.337 e. The maximum Gasteiger partial charge on any atom is 0.127 e. The van der Waals surface area contributed by atoms with Gasteiger partial charge in [-0.2, -0.15) is 0 Å². The van der Waals surface area contributed by atoms with E-state index in [-0.39, 0.29) is 0 Å². The van der Waals surface area contributed by atoms with Gasteiger partial charge in [0.15, 0.2) is 0 Å². The van der Waals surface area contributed by atoms with E-state index in [2.05, 4.69) is 19.2 Å². The summed E-state index contributed by atoms with van der Waals surface area (Å²) in [6.45, 7) is 10.1. The lowest BCUT2D eigenvalue weighted by molar-refractivity contribution is -0.965. The van der Waals surface area contributed by atoms with Crippen LogP contribution in [0.4, 0.5) is 0 Å². The highest BCUT2D eigenvalue weighted by molar-refractivity contribution is 4.44. The summed E-state index contributed by atoms with van der Waals surface area (Å²) in [6, 6.07) is 0.883. The normalized spacial score (nSPS) is 24.6. The summed E-state index contributed by atoms with van der Waals surface area (Å²) in [5, 5.41) is 2.42. The molecule has 2 nitrogen and oxygen atoms in total. The van der Waals surface area contributed by atoms with Crippen LogP contribution in [0.2, 0.25) is 0 Å². The fourth-order valence-electron chi connectivity index (χ4n) is 1.63. The van der Waals surface area contributed by atoms with E-state index in [9.17, 15) is 0 Å². The SMILES string of the molecule is CC[C@H](C)[NH+]1CC[NH2+]CC1. The van der Waals surface area contributed by atoms with Gasteiger partial charge in [0, 0.05) is 0 Å². The van der Waals surface area contributed by atoms with Crippen molar-refractivity contribution in [2.45, 2.75) is 26.3 Å². The third-order valence-corrected chi connectivity index (χ3v) is 2.65. The number of hydrogen-bond acceptors (Lipinski definition) is 0. The van der Waals surface area contributed by atoms with Gasteiger partial charge in [-0.05, 0) is 13.3 Å². The molecule has 2 heteroatoms. The highest BCUT2D eigenvalue weighted by Crippen LogP contribution is 1.80. The van der Waals surface area contributed by atoms with Crippen LogP contribution in [-0.4, -0.2) is 32.2 Å². The summed E-state index contributed by atoms with van der Waals surface area (Å²) in [6.07, 6.45) is 1.33. The average molecular weight is 144 g/mol. The third-order valence-electron chi connectivity index (χ3n) is 2.65. The first-order chi connectivity index (χ1) is 4.84. The van der Waals surface area contributed by atoms with E-state index in [1.165, 1.54) is 32.6 Å². The smallest absolute Gasteiger partial charge is 0.127 e. The molecule has 0 aliphatic carbocycles. The van der Waals surface area contributed by atoms with Gasteiger partial charge < -0.3 is 10.2 Å². The highest BCUT2D eigenvalue weighted by atomic mass is 15.2. The van der Waals surface area contributed by atoms with Gasteiger partial charge in [-0.25, -0.2) is 0 Å². The van der Waals surface area contributed by atoms with Gasteiger partial charge in [-0.15, -0.1) is 0 Å². The maximum atomic E-state index is 2.42. The van der Waals surface area contributed by atoms with E-state index in [0.29, 0.717) is 0 Å². The summed E-state index contributed by atoms with van der Waals surface area (Å²) in [5.74, 6) is 0. The molecule has 1 saturated heterocycles. The van der Waals surface area contributed by atoms with E-state index in [4.69, 9.17) is 0 Å². The Morgan fingerprint density at radius 2 is 2.00 bits per heavy atom. The molecule has 1 aliphatic heterocycles. The van der Waals surface area contributed by atoms with Gasteiger partial charge in [0.25, 0.3) is 0 Å².